The molecule has 0 unspecified atom stereocenters. The molecule has 0 bridgehead atoms. The molecule has 0 amide bonds. The van der Waals surface area contributed by atoms with Crippen molar-refractivity contribution >= 4 is 28.6 Å². The monoisotopic (exact) mass is 538 g/mol. The van der Waals surface area contributed by atoms with Crippen molar-refractivity contribution in [2.45, 2.75) is 113 Å². The summed E-state index contributed by atoms with van der Waals surface area (Å²) in [5.41, 5.74) is 0. The summed E-state index contributed by atoms with van der Waals surface area (Å²) in [5.74, 6) is 1.22. The Morgan fingerprint density at radius 1 is 0.382 bits per heavy atom. The lowest BCUT2D eigenvalue weighted by atomic mass is 9.90. The summed E-state index contributed by atoms with van der Waals surface area (Å²) in [6.07, 6.45) is 16.5. The lowest BCUT2D eigenvalue weighted by molar-refractivity contribution is -0.0442. The normalized spacial score (nSPS) is 14.0. The molecule has 0 aliphatic rings. The van der Waals surface area contributed by atoms with Crippen LogP contribution in [-0.4, -0.2) is 89.0 Å². The van der Waals surface area contributed by atoms with Gasteiger partial charge in [-0.25, -0.2) is 0 Å². The Labute approximate surface area is 218 Å². The highest BCUT2D eigenvalue weighted by atomic mass is 28.2. The first kappa shape index (κ1) is 34.4. The summed E-state index contributed by atoms with van der Waals surface area (Å²) in [6.45, 7) is 0. The first-order valence-corrected chi connectivity index (χ1v) is 19.3. The SMILES string of the molecule is COC(OC)[SiH2]CCCCCC(CCCCC[SiH2]C(OC)OC)CCCCC[SiH2]C(OC)OC. The Morgan fingerprint density at radius 3 is 0.882 bits per heavy atom. The highest BCUT2D eigenvalue weighted by Crippen LogP contribution is 2.24. The molecule has 0 aliphatic carbocycles. The van der Waals surface area contributed by atoms with Crippen LogP contribution in [0.25, 0.3) is 0 Å². The highest BCUT2D eigenvalue weighted by Gasteiger charge is 2.11. The molecule has 0 atom stereocenters. The molecule has 0 aliphatic heterocycles. The van der Waals surface area contributed by atoms with Gasteiger partial charge in [-0.05, 0) is 5.92 Å². The molecule has 0 aromatic carbocycles. The molecule has 34 heavy (non-hydrogen) atoms. The molecule has 0 spiro atoms. The van der Waals surface area contributed by atoms with E-state index in [0.29, 0.717) is 0 Å². The predicted molar refractivity (Wildman–Crippen MR) is 152 cm³/mol. The molecule has 0 rings (SSSR count). The molecule has 0 saturated carbocycles. The highest BCUT2D eigenvalue weighted by molar-refractivity contribution is 6.37. The first-order chi connectivity index (χ1) is 16.6. The van der Waals surface area contributed by atoms with Crippen LogP contribution in [0, 0.1) is 5.92 Å². The van der Waals surface area contributed by atoms with Crippen LogP contribution in [-0.2, 0) is 28.4 Å². The maximum absolute atomic E-state index is 5.36. The van der Waals surface area contributed by atoms with E-state index < -0.39 is 0 Å². The van der Waals surface area contributed by atoms with Crippen LogP contribution in [0.3, 0.4) is 0 Å². The molecule has 0 N–H and O–H groups in total. The van der Waals surface area contributed by atoms with E-state index in [-0.39, 0.29) is 46.3 Å². The molecule has 0 aromatic rings. The first-order valence-electron chi connectivity index (χ1n) is 13.8. The number of hydrogen-bond acceptors (Lipinski definition) is 6. The van der Waals surface area contributed by atoms with Gasteiger partial charge in [-0.1, -0.05) is 95.2 Å². The minimum absolute atomic E-state index is 0.102. The number of ether oxygens (including phenoxy) is 6. The summed E-state index contributed by atoms with van der Waals surface area (Å²) in [4.78, 5) is 0. The Bertz CT molecular complexity index is 340. The maximum atomic E-state index is 5.36. The molecule has 0 aromatic heterocycles. The summed E-state index contributed by atoms with van der Waals surface area (Å²) in [5, 5.41) is 0. The van der Waals surface area contributed by atoms with Gasteiger partial charge in [0.25, 0.3) is 0 Å². The Kier molecular flexibility index (Phi) is 26.8. The van der Waals surface area contributed by atoms with E-state index >= 15 is 0 Å². The van der Waals surface area contributed by atoms with Crippen molar-refractivity contribution in [3.63, 3.8) is 0 Å². The van der Waals surface area contributed by atoms with Gasteiger partial charge in [0.05, 0.1) is 28.6 Å². The fraction of sp³-hybridized carbons (Fsp3) is 1.00. The molecule has 206 valence electrons. The van der Waals surface area contributed by atoms with Gasteiger partial charge in [-0.15, -0.1) is 0 Å². The topological polar surface area (TPSA) is 55.4 Å². The molecular formula is C25H58O6Si3. The number of hydrogen-bond donors (Lipinski definition) is 0. The van der Waals surface area contributed by atoms with E-state index in [1.54, 1.807) is 42.7 Å². The summed E-state index contributed by atoms with van der Waals surface area (Å²) in [7, 11) is 9.79. The zero-order chi connectivity index (χ0) is 25.3. The second kappa shape index (κ2) is 26.5. The maximum Gasteiger partial charge on any atom is 0.134 e. The lowest BCUT2D eigenvalue weighted by Crippen LogP contribution is -2.20. The van der Waals surface area contributed by atoms with Gasteiger partial charge in [-0.3, -0.25) is 0 Å². The van der Waals surface area contributed by atoms with Crippen molar-refractivity contribution in [1.29, 1.82) is 0 Å². The van der Waals surface area contributed by atoms with Crippen LogP contribution < -0.4 is 0 Å². The third-order valence-electron chi connectivity index (χ3n) is 6.98. The zero-order valence-corrected chi connectivity index (χ0v) is 27.7. The summed E-state index contributed by atoms with van der Waals surface area (Å²) in [6, 6.07) is 4.00. The van der Waals surface area contributed by atoms with E-state index in [9.17, 15) is 0 Å². The van der Waals surface area contributed by atoms with E-state index in [0.717, 1.165) is 5.92 Å². The van der Waals surface area contributed by atoms with Crippen LogP contribution in [0.15, 0.2) is 0 Å². The average Bonchev–Trinajstić information content (AvgIpc) is 2.87. The quantitative estimate of drug-likeness (QED) is 0.0901. The van der Waals surface area contributed by atoms with Gasteiger partial charge < -0.3 is 28.4 Å². The molecule has 0 radical (unpaired) electrons. The van der Waals surface area contributed by atoms with Crippen molar-refractivity contribution in [2.75, 3.05) is 42.7 Å². The van der Waals surface area contributed by atoms with Gasteiger partial charge in [0.2, 0.25) is 0 Å². The summed E-state index contributed by atoms with van der Waals surface area (Å²) >= 11 is 0. The van der Waals surface area contributed by atoms with E-state index in [2.05, 4.69) is 0 Å². The fourth-order valence-corrected chi connectivity index (χ4v) is 9.06. The Balaban J connectivity index is 4.10. The molecule has 0 saturated heterocycles. The van der Waals surface area contributed by atoms with Crippen LogP contribution in [0.4, 0.5) is 0 Å². The second-order valence-electron chi connectivity index (χ2n) is 9.54. The zero-order valence-electron chi connectivity index (χ0n) is 23.5. The average molecular weight is 539 g/mol. The second-order valence-corrected chi connectivity index (χ2v) is 15.4. The van der Waals surface area contributed by atoms with Gasteiger partial charge in [-0.2, -0.15) is 0 Å². The van der Waals surface area contributed by atoms with E-state index in [1.165, 1.54) is 95.2 Å². The Morgan fingerprint density at radius 2 is 0.647 bits per heavy atom. The van der Waals surface area contributed by atoms with E-state index in [4.69, 9.17) is 28.4 Å². The third-order valence-corrected chi connectivity index (χ3v) is 13.1. The molecule has 0 fully saturated rings. The van der Waals surface area contributed by atoms with Crippen molar-refractivity contribution in [3.8, 4) is 0 Å². The third kappa shape index (κ3) is 20.6. The standard InChI is InChI=1S/C25H58O6Si3/c1-26-23(27-2)32-19-13-7-10-16-22(17-11-8-14-20-33-24(28-3)29-4)18-12-9-15-21-34-25(30-5)31-6/h22-25H,7-21,32-34H2,1-6H3. The summed E-state index contributed by atoms with van der Waals surface area (Å²) < 4.78 is 32.1. The molecule has 0 heterocycles. The minimum atomic E-state index is -0.259. The lowest BCUT2D eigenvalue weighted by Gasteiger charge is -2.18. The van der Waals surface area contributed by atoms with Gasteiger partial charge >= 0.3 is 0 Å². The number of rotatable bonds is 27. The van der Waals surface area contributed by atoms with Gasteiger partial charge in [0.1, 0.15) is 17.7 Å². The van der Waals surface area contributed by atoms with Crippen molar-refractivity contribution in [1.82, 2.24) is 0 Å². The van der Waals surface area contributed by atoms with Gasteiger partial charge in [0.15, 0.2) is 0 Å². The molecule has 6 nitrogen and oxygen atoms in total. The number of unbranched alkanes of at least 4 members (excludes halogenated alkanes) is 6. The molecule has 9 heteroatoms. The van der Waals surface area contributed by atoms with Crippen LogP contribution in [0.2, 0.25) is 18.1 Å². The van der Waals surface area contributed by atoms with Crippen LogP contribution >= 0.6 is 0 Å². The van der Waals surface area contributed by atoms with Crippen LogP contribution in [0.5, 0.6) is 0 Å². The van der Waals surface area contributed by atoms with Crippen molar-refractivity contribution in [3.05, 3.63) is 0 Å². The molecular weight excluding hydrogens is 481 g/mol. The van der Waals surface area contributed by atoms with Crippen LogP contribution in [0.1, 0.15) is 77.0 Å². The fourth-order valence-electron chi connectivity index (χ4n) is 4.72. The van der Waals surface area contributed by atoms with E-state index in [1.807, 2.05) is 0 Å². The predicted octanol–water partition coefficient (Wildman–Crippen LogP) is 3.77. The smallest absolute Gasteiger partial charge is 0.134 e. The Hall–Kier alpha value is 0.411. The van der Waals surface area contributed by atoms with Gasteiger partial charge in [0, 0.05) is 42.7 Å². The number of methoxy groups -OCH3 is 6. The van der Waals surface area contributed by atoms with Crippen molar-refractivity contribution in [2.24, 2.45) is 5.92 Å². The largest absolute Gasteiger partial charge is 0.360 e. The van der Waals surface area contributed by atoms with Crippen molar-refractivity contribution < 1.29 is 28.4 Å². The minimum Gasteiger partial charge on any atom is -0.360 e.